The molecule has 0 bridgehead atoms. The largest absolute Gasteiger partial charge is 0.493 e. The lowest BCUT2D eigenvalue weighted by atomic mass is 10.0. The van der Waals surface area contributed by atoms with Crippen molar-refractivity contribution in [2.75, 3.05) is 19.7 Å². The number of benzene rings is 1. The van der Waals surface area contributed by atoms with Crippen LogP contribution in [0.1, 0.15) is 38.2 Å². The highest BCUT2D eigenvalue weighted by Gasteiger charge is 2.29. The van der Waals surface area contributed by atoms with E-state index < -0.39 is 0 Å². The number of nitrogens with zero attached hydrogens (tertiary/aromatic N) is 1. The predicted octanol–water partition coefficient (Wildman–Crippen LogP) is 1.91. The van der Waals surface area contributed by atoms with Crippen molar-refractivity contribution in [1.29, 1.82) is 0 Å². The number of primary amides is 1. The first-order valence-electron chi connectivity index (χ1n) is 7.77. The molecule has 120 valence electrons. The van der Waals surface area contributed by atoms with Gasteiger partial charge in [0.2, 0.25) is 11.8 Å². The minimum Gasteiger partial charge on any atom is -0.493 e. The van der Waals surface area contributed by atoms with Crippen LogP contribution in [0.4, 0.5) is 0 Å². The van der Waals surface area contributed by atoms with E-state index in [2.05, 4.69) is 13.8 Å². The molecule has 1 heterocycles. The van der Waals surface area contributed by atoms with Crippen LogP contribution in [0.15, 0.2) is 24.3 Å². The summed E-state index contributed by atoms with van der Waals surface area (Å²) in [5.74, 6) is 0.755. The molecule has 1 saturated heterocycles. The Labute approximate surface area is 131 Å². The summed E-state index contributed by atoms with van der Waals surface area (Å²) in [4.78, 5) is 24.8. The Morgan fingerprint density at radius 3 is 2.55 bits per heavy atom. The third-order valence-electron chi connectivity index (χ3n) is 4.07. The van der Waals surface area contributed by atoms with Crippen LogP contribution in [0.5, 0.6) is 5.75 Å². The van der Waals surface area contributed by atoms with E-state index in [9.17, 15) is 9.59 Å². The van der Waals surface area contributed by atoms with E-state index >= 15 is 0 Å². The number of nitrogens with two attached hydrogens (primary N) is 1. The number of likely N-dealkylation sites (tertiary alicyclic amines) is 1. The summed E-state index contributed by atoms with van der Waals surface area (Å²) in [6, 6.07) is 7.94. The summed E-state index contributed by atoms with van der Waals surface area (Å²) < 4.78 is 5.61. The monoisotopic (exact) mass is 304 g/mol. The summed E-state index contributed by atoms with van der Waals surface area (Å²) >= 11 is 0. The van der Waals surface area contributed by atoms with Crippen LogP contribution in [0.2, 0.25) is 0 Å². The molecule has 1 aromatic carbocycles. The molecule has 0 aromatic heterocycles. The lowest BCUT2D eigenvalue weighted by Gasteiger charge is -2.16. The smallest absolute Gasteiger partial charge is 0.226 e. The first kappa shape index (κ1) is 16.3. The first-order chi connectivity index (χ1) is 10.5. The first-order valence-corrected chi connectivity index (χ1v) is 7.77. The molecule has 1 aliphatic rings. The van der Waals surface area contributed by atoms with Crippen molar-refractivity contribution in [3.8, 4) is 5.75 Å². The molecule has 1 fully saturated rings. The van der Waals surface area contributed by atoms with Crippen molar-refractivity contribution in [2.45, 2.75) is 32.6 Å². The Morgan fingerprint density at radius 2 is 2.00 bits per heavy atom. The molecule has 1 atom stereocenters. The van der Waals surface area contributed by atoms with Gasteiger partial charge in [-0.1, -0.05) is 26.0 Å². The number of ether oxygens (including phenoxy) is 1. The number of rotatable bonds is 6. The highest BCUT2D eigenvalue weighted by Crippen LogP contribution is 2.19. The Balaban J connectivity index is 1.74. The summed E-state index contributed by atoms with van der Waals surface area (Å²) in [7, 11) is 0. The Hall–Kier alpha value is -2.04. The average molecular weight is 304 g/mol. The molecule has 1 unspecified atom stereocenters. The predicted molar refractivity (Wildman–Crippen MR) is 84.5 cm³/mol. The Bertz CT molecular complexity index is 525. The van der Waals surface area contributed by atoms with Crippen molar-refractivity contribution >= 4 is 11.8 Å². The fraction of sp³-hybridized carbons (Fsp3) is 0.529. The van der Waals surface area contributed by atoms with E-state index in [1.807, 2.05) is 24.3 Å². The zero-order valence-corrected chi connectivity index (χ0v) is 13.2. The third-order valence-corrected chi connectivity index (χ3v) is 4.07. The van der Waals surface area contributed by atoms with E-state index in [0.717, 1.165) is 5.75 Å². The van der Waals surface area contributed by atoms with Crippen LogP contribution in [0.25, 0.3) is 0 Å². The van der Waals surface area contributed by atoms with Gasteiger partial charge in [-0.25, -0.2) is 0 Å². The molecule has 0 saturated carbocycles. The normalized spacial score (nSPS) is 17.8. The van der Waals surface area contributed by atoms with Gasteiger partial charge >= 0.3 is 0 Å². The van der Waals surface area contributed by atoms with Crippen molar-refractivity contribution in [3.63, 3.8) is 0 Å². The van der Waals surface area contributed by atoms with Crippen LogP contribution in [-0.2, 0) is 9.59 Å². The van der Waals surface area contributed by atoms with Crippen LogP contribution in [0.3, 0.4) is 0 Å². The molecule has 2 rings (SSSR count). The standard InChI is InChI=1S/C17H24N2O3/c1-12(2)13-3-5-15(6-4-13)22-10-8-16(20)19-9-7-14(11-19)17(18)21/h3-6,12,14H,7-11H2,1-2H3,(H2,18,21). The molecule has 5 heteroatoms. The van der Waals surface area contributed by atoms with Gasteiger partial charge in [-0.05, 0) is 30.0 Å². The van der Waals surface area contributed by atoms with Gasteiger partial charge in [-0.3, -0.25) is 9.59 Å². The molecule has 2 N–H and O–H groups in total. The van der Waals surface area contributed by atoms with Gasteiger partial charge in [-0.15, -0.1) is 0 Å². The summed E-state index contributed by atoms with van der Waals surface area (Å²) in [6.07, 6.45) is 0.982. The number of carbonyl (C=O) groups excluding carboxylic acids is 2. The summed E-state index contributed by atoms with van der Waals surface area (Å²) in [6.45, 7) is 5.68. The van der Waals surface area contributed by atoms with Crippen molar-refractivity contribution in [2.24, 2.45) is 11.7 Å². The topological polar surface area (TPSA) is 72.6 Å². The third kappa shape index (κ3) is 4.23. The minimum atomic E-state index is -0.322. The Kier molecular flexibility index (Phi) is 5.41. The maximum atomic E-state index is 12.0. The van der Waals surface area contributed by atoms with Crippen LogP contribution in [0, 0.1) is 5.92 Å². The number of hydrogen-bond donors (Lipinski definition) is 1. The highest BCUT2D eigenvalue weighted by molar-refractivity contribution is 5.81. The Morgan fingerprint density at radius 1 is 1.32 bits per heavy atom. The van der Waals surface area contributed by atoms with Gasteiger partial charge in [0.1, 0.15) is 5.75 Å². The molecular formula is C17H24N2O3. The highest BCUT2D eigenvalue weighted by atomic mass is 16.5. The molecule has 1 aromatic rings. The zero-order valence-electron chi connectivity index (χ0n) is 13.2. The zero-order chi connectivity index (χ0) is 16.1. The van der Waals surface area contributed by atoms with Gasteiger partial charge in [0.25, 0.3) is 0 Å². The van der Waals surface area contributed by atoms with Gasteiger partial charge in [0.15, 0.2) is 0 Å². The van der Waals surface area contributed by atoms with E-state index in [4.69, 9.17) is 10.5 Å². The fourth-order valence-corrected chi connectivity index (χ4v) is 2.58. The molecule has 22 heavy (non-hydrogen) atoms. The molecule has 2 amide bonds. The fourth-order valence-electron chi connectivity index (χ4n) is 2.58. The van der Waals surface area contributed by atoms with Gasteiger partial charge in [0.05, 0.1) is 18.9 Å². The maximum absolute atomic E-state index is 12.0. The van der Waals surface area contributed by atoms with Crippen molar-refractivity contribution in [3.05, 3.63) is 29.8 Å². The van der Waals surface area contributed by atoms with Gasteiger partial charge < -0.3 is 15.4 Å². The summed E-state index contributed by atoms with van der Waals surface area (Å²) in [5.41, 5.74) is 6.53. The van der Waals surface area contributed by atoms with Crippen LogP contribution < -0.4 is 10.5 Å². The molecule has 1 aliphatic heterocycles. The molecule has 0 spiro atoms. The number of carbonyl (C=O) groups is 2. The van der Waals surface area contributed by atoms with Gasteiger partial charge in [-0.2, -0.15) is 0 Å². The maximum Gasteiger partial charge on any atom is 0.226 e. The number of amides is 2. The van der Waals surface area contributed by atoms with E-state index in [1.54, 1.807) is 4.90 Å². The second-order valence-electron chi connectivity index (χ2n) is 6.05. The van der Waals surface area contributed by atoms with E-state index in [1.165, 1.54) is 5.56 Å². The molecule has 0 radical (unpaired) electrons. The lowest BCUT2D eigenvalue weighted by molar-refractivity contribution is -0.131. The quantitative estimate of drug-likeness (QED) is 0.872. The molecule has 5 nitrogen and oxygen atoms in total. The number of hydrogen-bond acceptors (Lipinski definition) is 3. The molecular weight excluding hydrogens is 280 g/mol. The van der Waals surface area contributed by atoms with E-state index in [0.29, 0.717) is 38.5 Å². The second kappa shape index (κ2) is 7.29. The minimum absolute atomic E-state index is 0.0163. The van der Waals surface area contributed by atoms with Crippen LogP contribution in [-0.4, -0.2) is 36.4 Å². The van der Waals surface area contributed by atoms with Crippen molar-refractivity contribution in [1.82, 2.24) is 4.90 Å². The lowest BCUT2D eigenvalue weighted by Crippen LogP contribution is -2.32. The second-order valence-corrected chi connectivity index (χ2v) is 6.05. The van der Waals surface area contributed by atoms with Gasteiger partial charge in [0, 0.05) is 13.1 Å². The van der Waals surface area contributed by atoms with Crippen molar-refractivity contribution < 1.29 is 14.3 Å². The SMILES string of the molecule is CC(C)c1ccc(OCCC(=O)N2CCC(C(N)=O)C2)cc1. The molecule has 0 aliphatic carbocycles. The van der Waals surface area contributed by atoms with E-state index in [-0.39, 0.29) is 17.7 Å². The summed E-state index contributed by atoms with van der Waals surface area (Å²) in [5, 5.41) is 0. The average Bonchev–Trinajstić information content (AvgIpc) is 2.98. The van der Waals surface area contributed by atoms with Crippen LogP contribution >= 0.6 is 0 Å².